The van der Waals surface area contributed by atoms with Crippen LogP contribution in [0.1, 0.15) is 0 Å². The molecule has 0 aliphatic heterocycles. The Labute approximate surface area is 332 Å². The van der Waals surface area contributed by atoms with Gasteiger partial charge in [0.05, 0.1) is 11.4 Å². The molecule has 0 atom stereocenters. The lowest BCUT2D eigenvalue weighted by atomic mass is 9.87. The maximum Gasteiger partial charge on any atom is 0.0546 e. The predicted molar refractivity (Wildman–Crippen MR) is 241 cm³/mol. The molecule has 56 heavy (non-hydrogen) atoms. The first-order chi connectivity index (χ1) is 27.8. The van der Waals surface area contributed by atoms with Crippen molar-refractivity contribution in [2.75, 3.05) is 4.90 Å². The summed E-state index contributed by atoms with van der Waals surface area (Å²) in [5, 5.41) is 2.63. The summed E-state index contributed by atoms with van der Waals surface area (Å²) >= 11 is 1.88. The molecule has 0 N–H and O–H groups in total. The van der Waals surface area contributed by atoms with E-state index in [9.17, 15) is 0 Å². The summed E-state index contributed by atoms with van der Waals surface area (Å²) in [7, 11) is 0. The van der Waals surface area contributed by atoms with Gasteiger partial charge in [0.15, 0.2) is 0 Å². The molecular formula is C54H37NS. The first kappa shape index (κ1) is 33.6. The average Bonchev–Trinajstić information content (AvgIpc) is 3.67. The smallest absolute Gasteiger partial charge is 0.0546 e. The molecule has 1 nitrogen and oxygen atoms in total. The summed E-state index contributed by atoms with van der Waals surface area (Å²) in [6.07, 6.45) is 0. The Morgan fingerprint density at radius 3 is 1.46 bits per heavy atom. The molecule has 0 fully saturated rings. The van der Waals surface area contributed by atoms with Crippen molar-refractivity contribution in [1.29, 1.82) is 0 Å². The molecule has 0 spiro atoms. The minimum atomic E-state index is 1.09. The lowest BCUT2D eigenvalue weighted by molar-refractivity contribution is 1.28. The summed E-state index contributed by atoms with van der Waals surface area (Å²) in [4.78, 5) is 2.47. The number of anilines is 3. The SMILES string of the molecule is c1ccc(-c2ccccc2-c2c(-c3ccccc3)cccc2N(c2ccc(-c3cccc4c3sc3ccccc34)cc2)c2ccccc2-c2ccccc2)cc1. The van der Waals surface area contributed by atoms with Gasteiger partial charge in [0.2, 0.25) is 0 Å². The molecule has 10 aromatic rings. The van der Waals surface area contributed by atoms with Gasteiger partial charge in [-0.2, -0.15) is 0 Å². The van der Waals surface area contributed by atoms with Crippen LogP contribution < -0.4 is 4.90 Å². The van der Waals surface area contributed by atoms with Gasteiger partial charge in [-0.1, -0.05) is 194 Å². The number of benzene rings is 9. The third-order valence-corrected chi connectivity index (χ3v) is 11.9. The van der Waals surface area contributed by atoms with E-state index < -0.39 is 0 Å². The fraction of sp³-hybridized carbons (Fsp3) is 0. The van der Waals surface area contributed by atoms with Crippen LogP contribution in [0.4, 0.5) is 17.1 Å². The van der Waals surface area contributed by atoms with Crippen LogP contribution in [0.5, 0.6) is 0 Å². The second-order valence-electron chi connectivity index (χ2n) is 14.0. The molecule has 0 unspecified atom stereocenters. The number of hydrogen-bond donors (Lipinski definition) is 0. The highest BCUT2D eigenvalue weighted by Gasteiger charge is 2.24. The van der Waals surface area contributed by atoms with Gasteiger partial charge in [0.1, 0.15) is 0 Å². The number of nitrogens with zero attached hydrogens (tertiary/aromatic N) is 1. The molecule has 264 valence electrons. The van der Waals surface area contributed by atoms with Gasteiger partial charge < -0.3 is 4.90 Å². The highest BCUT2D eigenvalue weighted by Crippen LogP contribution is 2.50. The average molecular weight is 732 g/mol. The van der Waals surface area contributed by atoms with Gasteiger partial charge in [-0.15, -0.1) is 11.3 Å². The van der Waals surface area contributed by atoms with E-state index in [4.69, 9.17) is 0 Å². The number of fused-ring (bicyclic) bond motifs is 3. The van der Waals surface area contributed by atoms with Gasteiger partial charge in [0.25, 0.3) is 0 Å². The van der Waals surface area contributed by atoms with Crippen LogP contribution in [-0.4, -0.2) is 0 Å². The second kappa shape index (κ2) is 14.7. The van der Waals surface area contributed by atoms with E-state index in [1.165, 1.54) is 75.8 Å². The third-order valence-electron chi connectivity index (χ3n) is 10.7. The molecule has 0 aliphatic carbocycles. The molecule has 2 heteroatoms. The summed E-state index contributed by atoms with van der Waals surface area (Å²) < 4.78 is 2.64. The third kappa shape index (κ3) is 6.07. The van der Waals surface area contributed by atoms with Gasteiger partial charge in [-0.3, -0.25) is 0 Å². The Morgan fingerprint density at radius 2 is 0.750 bits per heavy atom. The molecule has 0 bridgehead atoms. The van der Waals surface area contributed by atoms with Crippen molar-refractivity contribution in [3.63, 3.8) is 0 Å². The van der Waals surface area contributed by atoms with Crippen LogP contribution in [0.2, 0.25) is 0 Å². The lowest BCUT2D eigenvalue weighted by Gasteiger charge is -2.31. The van der Waals surface area contributed by atoms with Gasteiger partial charge >= 0.3 is 0 Å². The maximum absolute atomic E-state index is 2.47. The molecular weight excluding hydrogens is 695 g/mol. The summed E-state index contributed by atoms with van der Waals surface area (Å²) in [6.45, 7) is 0. The monoisotopic (exact) mass is 731 g/mol. The first-order valence-electron chi connectivity index (χ1n) is 19.1. The molecule has 10 rings (SSSR count). The van der Waals surface area contributed by atoms with Crippen molar-refractivity contribution in [2.45, 2.75) is 0 Å². The minimum absolute atomic E-state index is 1.09. The van der Waals surface area contributed by atoms with E-state index in [-0.39, 0.29) is 0 Å². The fourth-order valence-electron chi connectivity index (χ4n) is 8.14. The van der Waals surface area contributed by atoms with E-state index in [2.05, 4.69) is 229 Å². The Bertz CT molecular complexity index is 2950. The van der Waals surface area contributed by atoms with Crippen LogP contribution in [0.25, 0.3) is 75.8 Å². The van der Waals surface area contributed by atoms with E-state index >= 15 is 0 Å². The molecule has 0 amide bonds. The summed E-state index contributed by atoms with van der Waals surface area (Å²) in [6, 6.07) is 81.3. The Hall–Kier alpha value is -7.00. The van der Waals surface area contributed by atoms with E-state index in [0.717, 1.165) is 17.1 Å². The van der Waals surface area contributed by atoms with Crippen LogP contribution in [-0.2, 0) is 0 Å². The van der Waals surface area contributed by atoms with Crippen LogP contribution >= 0.6 is 11.3 Å². The number of hydrogen-bond acceptors (Lipinski definition) is 2. The Kier molecular flexibility index (Phi) is 8.79. The van der Waals surface area contributed by atoms with Gasteiger partial charge in [-0.05, 0) is 74.8 Å². The van der Waals surface area contributed by atoms with Crippen LogP contribution in [0.15, 0.2) is 224 Å². The topological polar surface area (TPSA) is 3.24 Å². The van der Waals surface area contributed by atoms with Gasteiger partial charge in [-0.25, -0.2) is 0 Å². The number of rotatable bonds is 8. The zero-order chi connectivity index (χ0) is 37.3. The predicted octanol–water partition coefficient (Wildman–Crippen LogP) is 15.9. The quantitative estimate of drug-likeness (QED) is 0.150. The molecule has 9 aromatic carbocycles. The number of para-hydroxylation sites is 1. The van der Waals surface area contributed by atoms with Crippen molar-refractivity contribution in [2.24, 2.45) is 0 Å². The van der Waals surface area contributed by atoms with Crippen LogP contribution in [0.3, 0.4) is 0 Å². The maximum atomic E-state index is 2.47. The fourth-order valence-corrected chi connectivity index (χ4v) is 9.38. The van der Waals surface area contributed by atoms with Crippen molar-refractivity contribution >= 4 is 48.6 Å². The highest BCUT2D eigenvalue weighted by molar-refractivity contribution is 7.26. The minimum Gasteiger partial charge on any atom is -0.309 e. The summed E-state index contributed by atoms with van der Waals surface area (Å²) in [5.74, 6) is 0. The Balaban J connectivity index is 1.23. The second-order valence-corrected chi connectivity index (χ2v) is 15.1. The molecule has 0 saturated carbocycles. The Morgan fingerprint density at radius 1 is 0.286 bits per heavy atom. The van der Waals surface area contributed by atoms with E-state index in [0.29, 0.717) is 0 Å². The molecule has 0 saturated heterocycles. The van der Waals surface area contributed by atoms with Gasteiger partial charge in [0, 0.05) is 37.0 Å². The lowest BCUT2D eigenvalue weighted by Crippen LogP contribution is -2.13. The van der Waals surface area contributed by atoms with Crippen LogP contribution in [0, 0.1) is 0 Å². The first-order valence-corrected chi connectivity index (χ1v) is 19.9. The normalized spacial score (nSPS) is 11.2. The largest absolute Gasteiger partial charge is 0.309 e. The van der Waals surface area contributed by atoms with E-state index in [1.807, 2.05) is 11.3 Å². The van der Waals surface area contributed by atoms with Crippen molar-refractivity contribution < 1.29 is 0 Å². The van der Waals surface area contributed by atoms with Crippen molar-refractivity contribution in [3.05, 3.63) is 224 Å². The highest BCUT2D eigenvalue weighted by atomic mass is 32.1. The zero-order valence-corrected chi connectivity index (χ0v) is 31.5. The summed E-state index contributed by atoms with van der Waals surface area (Å²) in [5.41, 5.74) is 15.2. The molecule has 1 heterocycles. The molecule has 0 radical (unpaired) electrons. The van der Waals surface area contributed by atoms with E-state index in [1.54, 1.807) is 0 Å². The number of thiophene rings is 1. The molecule has 0 aliphatic rings. The molecule has 1 aromatic heterocycles. The standard InChI is InChI=1S/C54H37NS/c1-4-18-38(19-5-1)43-24-10-11-27-48(43)53-45(40-22-8-3-9-23-40)28-17-32-51(53)55(50-31-14-12-25-44(50)39-20-6-2-7-21-39)42-36-34-41(35-37-42)46-29-16-30-49-47-26-13-15-33-52(47)56-54(46)49/h1-37H. The van der Waals surface area contributed by atoms with Crippen molar-refractivity contribution in [1.82, 2.24) is 0 Å². The zero-order valence-electron chi connectivity index (χ0n) is 30.7. The van der Waals surface area contributed by atoms with Crippen molar-refractivity contribution in [3.8, 4) is 55.6 Å².